The van der Waals surface area contributed by atoms with E-state index in [0.29, 0.717) is 5.92 Å². The van der Waals surface area contributed by atoms with E-state index in [4.69, 9.17) is 4.65 Å². The number of aliphatic hydroxyl groups excluding tert-OH is 1. The molecule has 3 saturated carbocycles. The third-order valence-electron chi connectivity index (χ3n) is 6.09. The van der Waals surface area contributed by atoms with Gasteiger partial charge in [-0.2, -0.15) is 0 Å². The summed E-state index contributed by atoms with van der Waals surface area (Å²) in [5.74, 6) is 1.17. The second kappa shape index (κ2) is 5.77. The van der Waals surface area contributed by atoms with E-state index < -0.39 is 12.7 Å². The van der Waals surface area contributed by atoms with E-state index in [1.807, 2.05) is 0 Å². The van der Waals surface area contributed by atoms with Crippen molar-refractivity contribution in [1.82, 2.24) is 5.32 Å². The van der Waals surface area contributed by atoms with Gasteiger partial charge in [0.05, 0.1) is 12.2 Å². The molecular weight excluding hydrogens is 276 g/mol. The van der Waals surface area contributed by atoms with Gasteiger partial charge in [-0.3, -0.25) is 0 Å². The first-order valence-electron chi connectivity index (χ1n) is 7.70. The van der Waals surface area contributed by atoms with Gasteiger partial charge in [0.15, 0.2) is 0 Å². The second-order valence-corrected chi connectivity index (χ2v) is 7.28. The van der Waals surface area contributed by atoms with Crippen molar-refractivity contribution >= 4 is 19.5 Å². The fourth-order valence-corrected chi connectivity index (χ4v) is 4.64. The highest BCUT2D eigenvalue weighted by atomic mass is 35.5. The Labute approximate surface area is 128 Å². The number of halogens is 1. The van der Waals surface area contributed by atoms with Crippen molar-refractivity contribution in [2.24, 2.45) is 17.3 Å². The van der Waals surface area contributed by atoms with Crippen LogP contribution in [0.25, 0.3) is 0 Å². The molecule has 3 N–H and O–H groups in total. The van der Waals surface area contributed by atoms with Crippen LogP contribution in [0.15, 0.2) is 0 Å². The van der Waals surface area contributed by atoms with Gasteiger partial charge in [-0.15, -0.1) is 12.4 Å². The van der Waals surface area contributed by atoms with Crippen LogP contribution in [0.5, 0.6) is 0 Å². The molecule has 3 unspecified atom stereocenters. The molecule has 4 nitrogen and oxygen atoms in total. The Hall–Kier alpha value is 0.195. The maximum Gasteiger partial charge on any atom is 0.472 e. The highest BCUT2D eigenvalue weighted by Crippen LogP contribution is 2.63. The normalized spacial score (nSPS) is 41.7. The smallest absolute Gasteiger partial charge is 0.426 e. The molecule has 0 amide bonds. The lowest BCUT2D eigenvalue weighted by atomic mass is 9.44. The average Bonchev–Trinajstić information content (AvgIpc) is 2.92. The standard InChI is InChI=1S/C14H26BNO3.ClH/c1-13(2)10-5-6-14(9-17,11(13)8-10)19-15(18)12-4-3-7-16-12;/h10-12,16-18H,3-9H2,1-2H3;1H/t10?,11?,12-,14?;/m1./s1. The van der Waals surface area contributed by atoms with Gasteiger partial charge in [-0.25, -0.2) is 0 Å². The summed E-state index contributed by atoms with van der Waals surface area (Å²) in [6, 6.07) is 0. The van der Waals surface area contributed by atoms with Crippen molar-refractivity contribution in [3.05, 3.63) is 0 Å². The van der Waals surface area contributed by atoms with E-state index in [9.17, 15) is 10.1 Å². The molecule has 0 spiro atoms. The topological polar surface area (TPSA) is 61.7 Å². The number of hydrogen-bond acceptors (Lipinski definition) is 4. The summed E-state index contributed by atoms with van der Waals surface area (Å²) in [5.41, 5.74) is -0.286. The van der Waals surface area contributed by atoms with Gasteiger partial charge in [0, 0.05) is 5.94 Å². The van der Waals surface area contributed by atoms with Crippen LogP contribution in [-0.2, 0) is 4.65 Å². The largest absolute Gasteiger partial charge is 0.472 e. The Bertz CT molecular complexity index is 349. The first-order valence-corrected chi connectivity index (χ1v) is 7.70. The van der Waals surface area contributed by atoms with Gasteiger partial charge in [0.25, 0.3) is 0 Å². The van der Waals surface area contributed by atoms with Crippen LogP contribution in [0.3, 0.4) is 0 Å². The highest BCUT2D eigenvalue weighted by Gasteiger charge is 2.62. The second-order valence-electron chi connectivity index (χ2n) is 7.28. The Morgan fingerprint density at radius 1 is 1.35 bits per heavy atom. The number of hydrogen-bond donors (Lipinski definition) is 3. The van der Waals surface area contributed by atoms with E-state index in [0.717, 1.165) is 44.6 Å². The van der Waals surface area contributed by atoms with Crippen LogP contribution in [0.4, 0.5) is 0 Å². The third kappa shape index (κ3) is 2.42. The molecule has 3 aliphatic carbocycles. The first-order chi connectivity index (χ1) is 8.99. The number of rotatable bonds is 4. The van der Waals surface area contributed by atoms with Gasteiger partial charge in [-0.05, 0) is 55.9 Å². The van der Waals surface area contributed by atoms with Gasteiger partial charge in [0.1, 0.15) is 0 Å². The van der Waals surface area contributed by atoms with Gasteiger partial charge in [-0.1, -0.05) is 13.8 Å². The molecule has 0 radical (unpaired) electrons. The molecule has 0 aromatic carbocycles. The summed E-state index contributed by atoms with van der Waals surface area (Å²) in [6.45, 7) is 5.53. The lowest BCUT2D eigenvalue weighted by Crippen LogP contribution is -2.66. The predicted molar refractivity (Wildman–Crippen MR) is 81.8 cm³/mol. The molecule has 1 aliphatic heterocycles. The maximum absolute atomic E-state index is 10.3. The zero-order chi connectivity index (χ0) is 13.7. The summed E-state index contributed by atoms with van der Waals surface area (Å²) >= 11 is 0. The van der Waals surface area contributed by atoms with Crippen molar-refractivity contribution in [3.8, 4) is 0 Å². The fraction of sp³-hybridized carbons (Fsp3) is 1.00. The highest BCUT2D eigenvalue weighted by molar-refractivity contribution is 6.45. The van der Waals surface area contributed by atoms with Gasteiger partial charge < -0.3 is 20.1 Å². The molecule has 20 heavy (non-hydrogen) atoms. The quantitative estimate of drug-likeness (QED) is 0.687. The van der Waals surface area contributed by atoms with E-state index in [2.05, 4.69) is 19.2 Å². The van der Waals surface area contributed by atoms with E-state index in [1.54, 1.807) is 0 Å². The Morgan fingerprint density at radius 2 is 2.10 bits per heavy atom. The summed E-state index contributed by atoms with van der Waals surface area (Å²) in [4.78, 5) is 0. The van der Waals surface area contributed by atoms with Crippen LogP contribution in [0.2, 0.25) is 0 Å². The first kappa shape index (κ1) is 16.6. The van der Waals surface area contributed by atoms with Gasteiger partial charge >= 0.3 is 7.12 Å². The van der Waals surface area contributed by atoms with Crippen LogP contribution < -0.4 is 5.32 Å². The van der Waals surface area contributed by atoms with Crippen molar-refractivity contribution in [3.63, 3.8) is 0 Å². The monoisotopic (exact) mass is 303 g/mol. The fourth-order valence-electron chi connectivity index (χ4n) is 4.64. The Morgan fingerprint density at radius 3 is 2.60 bits per heavy atom. The molecule has 2 bridgehead atoms. The molecule has 4 atom stereocenters. The molecule has 4 fully saturated rings. The predicted octanol–water partition coefficient (Wildman–Crippen LogP) is 1.38. The van der Waals surface area contributed by atoms with Gasteiger partial charge in [0.2, 0.25) is 0 Å². The van der Waals surface area contributed by atoms with E-state index in [-0.39, 0.29) is 30.4 Å². The molecule has 1 saturated heterocycles. The zero-order valence-corrected chi connectivity index (χ0v) is 13.3. The maximum atomic E-state index is 10.3. The molecule has 6 heteroatoms. The van der Waals surface area contributed by atoms with Crippen LogP contribution in [0.1, 0.15) is 46.0 Å². The number of nitrogens with one attached hydrogen (secondary N) is 1. The summed E-state index contributed by atoms with van der Waals surface area (Å²) in [5, 5.41) is 23.5. The Kier molecular flexibility index (Phi) is 4.78. The number of fused-ring (bicyclic) bond motifs is 2. The summed E-state index contributed by atoms with van der Waals surface area (Å²) in [7, 11) is -0.789. The van der Waals surface area contributed by atoms with E-state index in [1.165, 1.54) is 0 Å². The third-order valence-corrected chi connectivity index (χ3v) is 6.09. The lowest BCUT2D eigenvalue weighted by molar-refractivity contribution is -0.209. The molecule has 116 valence electrons. The van der Waals surface area contributed by atoms with E-state index >= 15 is 0 Å². The minimum absolute atomic E-state index is 0. The molecule has 4 rings (SSSR count). The van der Waals surface area contributed by atoms with Crippen LogP contribution >= 0.6 is 12.4 Å². The summed E-state index contributed by atoms with van der Waals surface area (Å²) in [6.07, 6.45) is 5.17. The SMILES string of the molecule is CC1(C)C2CCC(CO)(OB(O)[C@H]3CCCN3)C1C2.Cl. The molecule has 0 aromatic heterocycles. The van der Waals surface area contributed by atoms with Crippen molar-refractivity contribution in [2.45, 2.75) is 57.5 Å². The summed E-state index contributed by atoms with van der Waals surface area (Å²) < 4.78 is 6.04. The van der Waals surface area contributed by atoms with Crippen LogP contribution in [-0.4, -0.2) is 41.9 Å². The van der Waals surface area contributed by atoms with Crippen molar-refractivity contribution in [2.75, 3.05) is 13.2 Å². The molecule has 1 heterocycles. The zero-order valence-electron chi connectivity index (χ0n) is 12.5. The van der Waals surface area contributed by atoms with Crippen molar-refractivity contribution in [1.29, 1.82) is 0 Å². The molecular formula is C14H27BClNO3. The molecule has 0 aromatic rings. The van der Waals surface area contributed by atoms with Crippen LogP contribution in [0, 0.1) is 17.3 Å². The Balaban J connectivity index is 0.00000147. The minimum Gasteiger partial charge on any atom is -0.426 e. The minimum atomic E-state index is -0.789. The average molecular weight is 304 g/mol. The number of aliphatic hydroxyl groups is 1. The van der Waals surface area contributed by atoms with Crippen molar-refractivity contribution < 1.29 is 14.8 Å². The lowest BCUT2D eigenvalue weighted by Gasteiger charge is -2.64. The molecule has 4 aliphatic rings.